The van der Waals surface area contributed by atoms with Crippen LogP contribution in [0.15, 0.2) is 11.4 Å². The highest BCUT2D eigenvalue weighted by molar-refractivity contribution is 7.12. The van der Waals surface area contributed by atoms with E-state index >= 15 is 0 Å². The van der Waals surface area contributed by atoms with E-state index in [1.54, 1.807) is 11.4 Å². The number of methoxy groups -OCH3 is 1. The highest BCUT2D eigenvalue weighted by atomic mass is 32.1. The lowest BCUT2D eigenvalue weighted by molar-refractivity contribution is -0.143. The minimum absolute atomic E-state index is 0.196. The normalized spacial score (nSPS) is 16.3. The van der Waals surface area contributed by atoms with E-state index in [2.05, 4.69) is 5.32 Å². The van der Waals surface area contributed by atoms with Gasteiger partial charge in [0.2, 0.25) is 0 Å². The van der Waals surface area contributed by atoms with Crippen molar-refractivity contribution in [2.24, 2.45) is 5.41 Å². The predicted octanol–water partition coefficient (Wildman–Crippen LogP) is 1.35. The second-order valence-corrected chi connectivity index (χ2v) is 5.03. The molecular weight excluding hydrogens is 242 g/mol. The van der Waals surface area contributed by atoms with E-state index in [9.17, 15) is 9.59 Å². The average Bonchev–Trinajstić information content (AvgIpc) is 2.96. The Kier molecular flexibility index (Phi) is 3.06. The molecule has 92 valence electrons. The molecule has 0 spiro atoms. The second kappa shape index (κ2) is 4.37. The molecule has 1 aliphatic rings. The molecule has 0 saturated heterocycles. The Hall–Kier alpha value is -1.56. The molecule has 17 heavy (non-hydrogen) atoms. The van der Waals surface area contributed by atoms with Gasteiger partial charge in [-0.05, 0) is 12.8 Å². The van der Waals surface area contributed by atoms with Crippen LogP contribution in [0.2, 0.25) is 0 Å². The molecule has 1 aromatic heterocycles. The van der Waals surface area contributed by atoms with Crippen molar-refractivity contribution in [3.8, 4) is 5.75 Å². The van der Waals surface area contributed by atoms with E-state index in [1.807, 2.05) is 0 Å². The number of thiophene rings is 1. The smallest absolute Gasteiger partial charge is 0.311 e. The van der Waals surface area contributed by atoms with Gasteiger partial charge in [0.05, 0.1) is 17.4 Å². The van der Waals surface area contributed by atoms with Crippen molar-refractivity contribution in [2.75, 3.05) is 13.7 Å². The number of carbonyl (C=O) groups is 2. The number of carboxylic acids is 1. The van der Waals surface area contributed by atoms with Gasteiger partial charge >= 0.3 is 5.97 Å². The summed E-state index contributed by atoms with van der Waals surface area (Å²) in [6.45, 7) is 0.196. The summed E-state index contributed by atoms with van der Waals surface area (Å²) in [5.41, 5.74) is -0.725. The monoisotopic (exact) mass is 255 g/mol. The van der Waals surface area contributed by atoms with E-state index < -0.39 is 11.4 Å². The van der Waals surface area contributed by atoms with Crippen LogP contribution in [0.1, 0.15) is 22.5 Å². The lowest BCUT2D eigenvalue weighted by Crippen LogP contribution is -2.33. The highest BCUT2D eigenvalue weighted by Gasteiger charge is 2.50. The van der Waals surface area contributed by atoms with E-state index in [0.29, 0.717) is 23.5 Å². The third kappa shape index (κ3) is 2.41. The third-order valence-corrected chi connectivity index (χ3v) is 3.84. The van der Waals surface area contributed by atoms with E-state index in [-0.39, 0.29) is 12.5 Å². The topological polar surface area (TPSA) is 75.6 Å². The first kappa shape index (κ1) is 11.9. The molecule has 0 atom stereocenters. The Labute approximate surface area is 102 Å². The molecule has 1 heterocycles. The molecule has 0 aromatic carbocycles. The number of aliphatic carboxylic acids is 1. The van der Waals surface area contributed by atoms with Crippen molar-refractivity contribution in [3.05, 3.63) is 16.3 Å². The molecule has 1 amide bonds. The summed E-state index contributed by atoms with van der Waals surface area (Å²) in [6, 6.07) is 1.64. The molecule has 6 heteroatoms. The van der Waals surface area contributed by atoms with Gasteiger partial charge in [-0.15, -0.1) is 11.3 Å². The number of amides is 1. The summed E-state index contributed by atoms with van der Waals surface area (Å²) < 4.78 is 4.98. The van der Waals surface area contributed by atoms with Crippen molar-refractivity contribution in [3.63, 3.8) is 0 Å². The Morgan fingerprint density at radius 3 is 2.76 bits per heavy atom. The van der Waals surface area contributed by atoms with Crippen LogP contribution in [0.4, 0.5) is 0 Å². The van der Waals surface area contributed by atoms with Gasteiger partial charge in [-0.2, -0.15) is 0 Å². The van der Waals surface area contributed by atoms with Gasteiger partial charge in [0.1, 0.15) is 5.75 Å². The first-order valence-electron chi connectivity index (χ1n) is 5.21. The fourth-order valence-corrected chi connectivity index (χ4v) is 2.27. The number of nitrogens with one attached hydrogen (secondary N) is 1. The Morgan fingerprint density at radius 2 is 2.29 bits per heavy atom. The summed E-state index contributed by atoms with van der Waals surface area (Å²) in [6.07, 6.45) is 1.27. The maximum atomic E-state index is 11.7. The summed E-state index contributed by atoms with van der Waals surface area (Å²) in [5.74, 6) is -0.438. The lowest BCUT2D eigenvalue weighted by atomic mass is 10.1. The molecule has 1 aliphatic carbocycles. The average molecular weight is 255 g/mol. The van der Waals surface area contributed by atoms with Crippen molar-refractivity contribution >= 4 is 23.2 Å². The van der Waals surface area contributed by atoms with Crippen molar-refractivity contribution in [1.82, 2.24) is 5.32 Å². The molecule has 0 unspecified atom stereocenters. The van der Waals surface area contributed by atoms with Gasteiger partial charge in [-0.25, -0.2) is 0 Å². The largest absolute Gasteiger partial charge is 0.496 e. The van der Waals surface area contributed by atoms with Gasteiger partial charge in [-0.1, -0.05) is 0 Å². The van der Waals surface area contributed by atoms with Crippen LogP contribution in [0.3, 0.4) is 0 Å². The van der Waals surface area contributed by atoms with Crippen LogP contribution in [0.5, 0.6) is 5.75 Å². The molecule has 5 nitrogen and oxygen atoms in total. The number of carboxylic acid groups (broad SMARTS) is 1. The highest BCUT2D eigenvalue weighted by Crippen LogP contribution is 2.45. The van der Waals surface area contributed by atoms with Gasteiger partial charge in [-0.3, -0.25) is 9.59 Å². The molecule has 2 N–H and O–H groups in total. The minimum Gasteiger partial charge on any atom is -0.496 e. The van der Waals surface area contributed by atoms with Gasteiger partial charge in [0, 0.05) is 18.0 Å². The zero-order valence-electron chi connectivity index (χ0n) is 9.36. The van der Waals surface area contributed by atoms with E-state index in [1.165, 1.54) is 18.4 Å². The third-order valence-electron chi connectivity index (χ3n) is 2.93. The summed E-state index contributed by atoms with van der Waals surface area (Å²) in [7, 11) is 1.54. The number of carbonyl (C=O) groups excluding carboxylic acids is 1. The van der Waals surface area contributed by atoms with Crippen LogP contribution in [0.25, 0.3) is 0 Å². The van der Waals surface area contributed by atoms with Crippen molar-refractivity contribution < 1.29 is 19.4 Å². The summed E-state index contributed by atoms with van der Waals surface area (Å²) in [5, 5.41) is 13.4. The molecule has 0 bridgehead atoms. The molecule has 2 rings (SSSR count). The molecule has 1 saturated carbocycles. The van der Waals surface area contributed by atoms with Gasteiger partial charge < -0.3 is 15.2 Å². The lowest BCUT2D eigenvalue weighted by Gasteiger charge is -2.09. The first-order chi connectivity index (χ1) is 8.07. The number of hydrogen-bond acceptors (Lipinski definition) is 4. The fourth-order valence-electron chi connectivity index (χ4n) is 1.50. The van der Waals surface area contributed by atoms with Gasteiger partial charge in [0.25, 0.3) is 5.91 Å². The molecular formula is C11H13NO4S. The Morgan fingerprint density at radius 1 is 1.59 bits per heavy atom. The number of ether oxygens (including phenoxy) is 1. The maximum Gasteiger partial charge on any atom is 0.311 e. The molecule has 0 aliphatic heterocycles. The zero-order chi connectivity index (χ0) is 12.5. The predicted molar refractivity (Wildman–Crippen MR) is 62.5 cm³/mol. The van der Waals surface area contributed by atoms with Crippen LogP contribution < -0.4 is 10.1 Å². The molecule has 1 aromatic rings. The van der Waals surface area contributed by atoms with Crippen molar-refractivity contribution in [2.45, 2.75) is 12.8 Å². The second-order valence-electron chi connectivity index (χ2n) is 4.12. The summed E-state index contributed by atoms with van der Waals surface area (Å²) in [4.78, 5) is 23.2. The first-order valence-corrected chi connectivity index (χ1v) is 6.09. The van der Waals surface area contributed by atoms with Crippen LogP contribution in [-0.2, 0) is 4.79 Å². The zero-order valence-corrected chi connectivity index (χ0v) is 10.2. The number of rotatable bonds is 5. The fraction of sp³-hybridized carbons (Fsp3) is 0.455. The van der Waals surface area contributed by atoms with E-state index in [0.717, 1.165) is 0 Å². The number of hydrogen-bond donors (Lipinski definition) is 2. The van der Waals surface area contributed by atoms with Gasteiger partial charge in [0.15, 0.2) is 0 Å². The summed E-state index contributed by atoms with van der Waals surface area (Å²) >= 11 is 1.28. The maximum absolute atomic E-state index is 11.7. The van der Waals surface area contributed by atoms with E-state index in [4.69, 9.17) is 9.84 Å². The van der Waals surface area contributed by atoms with Crippen LogP contribution >= 0.6 is 11.3 Å². The molecule has 1 fully saturated rings. The van der Waals surface area contributed by atoms with Crippen molar-refractivity contribution in [1.29, 1.82) is 0 Å². The minimum atomic E-state index is -0.832. The Balaban J connectivity index is 1.91. The standard InChI is InChI=1S/C11H13NO4S/c1-16-7-4-8(17-5-7)9(13)12-6-11(2-3-11)10(14)15/h4-5H,2-3,6H2,1H3,(H,12,13)(H,14,15). The quantitative estimate of drug-likeness (QED) is 0.832. The SMILES string of the molecule is COc1csc(C(=O)NCC2(C(=O)O)CC2)c1. The van der Waals surface area contributed by atoms with Crippen LogP contribution in [-0.4, -0.2) is 30.6 Å². The van der Waals surface area contributed by atoms with Crippen LogP contribution in [0, 0.1) is 5.41 Å². The Bertz CT molecular complexity index is 450. The molecule has 0 radical (unpaired) electrons.